The molecule has 2 unspecified atom stereocenters. The zero-order chi connectivity index (χ0) is 12.1. The number of rotatable bonds is 6. The molecule has 0 aromatic carbocycles. The molecule has 0 spiro atoms. The minimum Gasteiger partial charge on any atom is -0.380 e. The Balaban J connectivity index is 2.42. The lowest BCUT2D eigenvalue weighted by Gasteiger charge is -2.19. The van der Waals surface area contributed by atoms with E-state index < -0.39 is 0 Å². The summed E-state index contributed by atoms with van der Waals surface area (Å²) < 4.78 is 5.26. The summed E-state index contributed by atoms with van der Waals surface area (Å²) in [6, 6.07) is 0.328. The van der Waals surface area contributed by atoms with Gasteiger partial charge in [-0.1, -0.05) is 0 Å². The van der Waals surface area contributed by atoms with Gasteiger partial charge in [0.05, 0.1) is 11.8 Å². The summed E-state index contributed by atoms with van der Waals surface area (Å²) in [5, 5.41) is 6.54. The van der Waals surface area contributed by atoms with Gasteiger partial charge in [-0.05, 0) is 13.8 Å². The van der Waals surface area contributed by atoms with Crippen LogP contribution in [0.4, 0.5) is 5.13 Å². The van der Waals surface area contributed by atoms with Crippen molar-refractivity contribution in [2.24, 2.45) is 0 Å². The van der Waals surface area contributed by atoms with Crippen LogP contribution < -0.4 is 10.2 Å². The average Bonchev–Trinajstić information content (AvgIpc) is 2.73. The number of aromatic nitrogens is 1. The monoisotopic (exact) mass is 243 g/mol. The van der Waals surface area contributed by atoms with Gasteiger partial charge in [-0.3, -0.25) is 0 Å². The van der Waals surface area contributed by atoms with Crippen molar-refractivity contribution in [1.29, 1.82) is 0 Å². The first-order chi connectivity index (χ1) is 7.54. The predicted molar refractivity (Wildman–Crippen MR) is 69.2 cm³/mol. The van der Waals surface area contributed by atoms with Gasteiger partial charge >= 0.3 is 0 Å². The van der Waals surface area contributed by atoms with E-state index in [0.29, 0.717) is 6.04 Å². The molecule has 4 nitrogen and oxygen atoms in total. The molecule has 1 heterocycles. The topological polar surface area (TPSA) is 37.4 Å². The van der Waals surface area contributed by atoms with Gasteiger partial charge in [0, 0.05) is 39.2 Å². The second kappa shape index (κ2) is 6.18. The molecule has 2 atom stereocenters. The molecule has 0 aliphatic carbocycles. The van der Waals surface area contributed by atoms with Crippen molar-refractivity contribution >= 4 is 16.5 Å². The van der Waals surface area contributed by atoms with Crippen LogP contribution in [0.5, 0.6) is 0 Å². The molecule has 0 saturated heterocycles. The highest BCUT2D eigenvalue weighted by Crippen LogP contribution is 2.17. The molecule has 1 N–H and O–H groups in total. The maximum atomic E-state index is 5.26. The Morgan fingerprint density at radius 2 is 2.19 bits per heavy atom. The van der Waals surface area contributed by atoms with E-state index >= 15 is 0 Å². The first-order valence-electron chi connectivity index (χ1n) is 5.42. The molecular formula is C11H21N3OS. The van der Waals surface area contributed by atoms with Crippen LogP contribution in [-0.2, 0) is 11.3 Å². The van der Waals surface area contributed by atoms with Gasteiger partial charge in [-0.2, -0.15) is 0 Å². The second-order valence-corrected chi connectivity index (χ2v) is 4.96. The van der Waals surface area contributed by atoms with Gasteiger partial charge in [0.1, 0.15) is 0 Å². The lowest BCUT2D eigenvalue weighted by Crippen LogP contribution is -2.36. The van der Waals surface area contributed by atoms with Crippen LogP contribution in [0.15, 0.2) is 5.38 Å². The fourth-order valence-electron chi connectivity index (χ4n) is 1.22. The van der Waals surface area contributed by atoms with E-state index in [1.165, 1.54) is 0 Å². The molecule has 1 aromatic rings. The molecule has 92 valence electrons. The Labute approximate surface area is 102 Å². The number of nitrogens with zero attached hydrogens (tertiary/aromatic N) is 2. The third-order valence-corrected chi connectivity index (χ3v) is 3.66. The molecule has 0 aliphatic rings. The van der Waals surface area contributed by atoms with Gasteiger partial charge in [0.25, 0.3) is 0 Å². The van der Waals surface area contributed by atoms with Crippen LogP contribution in [-0.4, -0.2) is 38.3 Å². The lowest BCUT2D eigenvalue weighted by atomic mass is 10.2. The maximum absolute atomic E-state index is 5.26. The fraction of sp³-hybridized carbons (Fsp3) is 0.727. The third kappa shape index (κ3) is 3.73. The molecule has 0 saturated carbocycles. The van der Waals surface area contributed by atoms with Crippen LogP contribution >= 0.6 is 11.3 Å². The van der Waals surface area contributed by atoms with Crippen LogP contribution in [0.1, 0.15) is 19.5 Å². The van der Waals surface area contributed by atoms with Gasteiger partial charge in [-0.15, -0.1) is 11.3 Å². The molecule has 0 bridgehead atoms. The number of anilines is 1. The summed E-state index contributed by atoms with van der Waals surface area (Å²) in [6.07, 6.45) is 0.215. The Bertz CT molecular complexity index is 314. The van der Waals surface area contributed by atoms with Gasteiger partial charge in [0.2, 0.25) is 0 Å². The molecule has 0 fully saturated rings. The van der Waals surface area contributed by atoms with Crippen LogP contribution in [0.25, 0.3) is 0 Å². The first kappa shape index (κ1) is 13.4. The number of thiazole rings is 1. The van der Waals surface area contributed by atoms with E-state index in [-0.39, 0.29) is 6.10 Å². The summed E-state index contributed by atoms with van der Waals surface area (Å²) in [6.45, 7) is 4.97. The SMILES string of the molecule is COC(C)C(C)NCc1csc(N(C)C)n1. The van der Waals surface area contributed by atoms with Gasteiger partial charge in [0.15, 0.2) is 5.13 Å². The van der Waals surface area contributed by atoms with Crippen molar-refractivity contribution in [2.45, 2.75) is 32.5 Å². The lowest BCUT2D eigenvalue weighted by molar-refractivity contribution is 0.0881. The highest BCUT2D eigenvalue weighted by Gasteiger charge is 2.11. The van der Waals surface area contributed by atoms with Crippen molar-refractivity contribution < 1.29 is 4.74 Å². The highest BCUT2D eigenvalue weighted by molar-refractivity contribution is 7.13. The summed E-state index contributed by atoms with van der Waals surface area (Å²) in [5.74, 6) is 0. The quantitative estimate of drug-likeness (QED) is 0.825. The number of hydrogen-bond acceptors (Lipinski definition) is 5. The Morgan fingerprint density at radius 3 is 2.69 bits per heavy atom. The Kier molecular flexibility index (Phi) is 5.18. The van der Waals surface area contributed by atoms with Crippen molar-refractivity contribution in [3.05, 3.63) is 11.1 Å². The molecule has 0 amide bonds. The molecular weight excluding hydrogens is 222 g/mol. The van der Waals surface area contributed by atoms with Gasteiger partial charge in [-0.25, -0.2) is 4.98 Å². The molecule has 5 heteroatoms. The largest absolute Gasteiger partial charge is 0.380 e. The average molecular weight is 243 g/mol. The Morgan fingerprint density at radius 1 is 1.50 bits per heavy atom. The van der Waals surface area contributed by atoms with Crippen LogP contribution in [0.2, 0.25) is 0 Å². The molecule has 1 aromatic heterocycles. The van der Waals surface area contributed by atoms with Crippen LogP contribution in [0, 0.1) is 0 Å². The number of methoxy groups -OCH3 is 1. The zero-order valence-electron chi connectivity index (χ0n) is 10.7. The van der Waals surface area contributed by atoms with Crippen molar-refractivity contribution in [3.8, 4) is 0 Å². The maximum Gasteiger partial charge on any atom is 0.185 e. The van der Waals surface area contributed by atoms with Crippen LogP contribution in [0.3, 0.4) is 0 Å². The van der Waals surface area contributed by atoms with E-state index in [4.69, 9.17) is 4.74 Å². The second-order valence-electron chi connectivity index (χ2n) is 4.13. The van der Waals surface area contributed by atoms with E-state index in [2.05, 4.69) is 29.5 Å². The van der Waals surface area contributed by atoms with E-state index in [1.807, 2.05) is 19.0 Å². The normalized spacial score (nSPS) is 14.8. The molecule has 1 rings (SSSR count). The first-order valence-corrected chi connectivity index (χ1v) is 6.30. The molecule has 16 heavy (non-hydrogen) atoms. The van der Waals surface area contributed by atoms with E-state index in [9.17, 15) is 0 Å². The predicted octanol–water partition coefficient (Wildman–Crippen LogP) is 1.72. The van der Waals surface area contributed by atoms with E-state index in [1.54, 1.807) is 18.4 Å². The number of ether oxygens (including phenoxy) is 1. The Hall–Kier alpha value is -0.650. The number of nitrogens with one attached hydrogen (secondary N) is 1. The summed E-state index contributed by atoms with van der Waals surface area (Å²) >= 11 is 1.67. The standard InChI is InChI=1S/C11H21N3OS/c1-8(9(2)15-5)12-6-10-7-16-11(13-10)14(3)4/h7-9,12H,6H2,1-5H3. The molecule has 0 radical (unpaired) electrons. The van der Waals surface area contributed by atoms with E-state index in [0.717, 1.165) is 17.4 Å². The van der Waals surface area contributed by atoms with Crippen molar-refractivity contribution in [1.82, 2.24) is 10.3 Å². The smallest absolute Gasteiger partial charge is 0.185 e. The van der Waals surface area contributed by atoms with Crippen molar-refractivity contribution in [3.63, 3.8) is 0 Å². The summed E-state index contributed by atoms with van der Waals surface area (Å²) in [5.41, 5.74) is 1.09. The fourth-order valence-corrected chi connectivity index (χ4v) is 1.98. The van der Waals surface area contributed by atoms with Gasteiger partial charge < -0.3 is 15.0 Å². The minimum atomic E-state index is 0.215. The number of hydrogen-bond donors (Lipinski definition) is 1. The summed E-state index contributed by atoms with van der Waals surface area (Å²) in [4.78, 5) is 6.53. The van der Waals surface area contributed by atoms with Crippen molar-refractivity contribution in [2.75, 3.05) is 26.1 Å². The minimum absolute atomic E-state index is 0.215. The highest BCUT2D eigenvalue weighted by atomic mass is 32.1. The zero-order valence-corrected chi connectivity index (χ0v) is 11.5. The summed E-state index contributed by atoms with van der Waals surface area (Å²) in [7, 11) is 5.74. The molecule has 0 aliphatic heterocycles. The third-order valence-electron chi connectivity index (χ3n) is 2.60.